The summed E-state index contributed by atoms with van der Waals surface area (Å²) in [5.41, 5.74) is -0.0916. The molecule has 0 saturated heterocycles. The molecule has 0 aromatic rings. The number of ether oxygens (including phenoxy) is 2. The normalized spacial score (nSPS) is 21.8. The summed E-state index contributed by atoms with van der Waals surface area (Å²) >= 11 is 0. The van der Waals surface area contributed by atoms with Crippen molar-refractivity contribution in [1.82, 2.24) is 5.32 Å². The molecule has 2 saturated carbocycles. The third-order valence-corrected chi connectivity index (χ3v) is 4.03. The van der Waals surface area contributed by atoms with E-state index in [1.165, 1.54) is 12.8 Å². The molecule has 2 aliphatic carbocycles. The number of alkyl carbamates (subject to hydrolysis) is 1. The highest BCUT2D eigenvalue weighted by Crippen LogP contribution is 2.64. The molecule has 5 heteroatoms. The van der Waals surface area contributed by atoms with Gasteiger partial charge in [0.1, 0.15) is 11.6 Å². The van der Waals surface area contributed by atoms with Crippen molar-refractivity contribution in [3.05, 3.63) is 0 Å². The highest BCUT2D eigenvalue weighted by molar-refractivity contribution is 5.82. The Morgan fingerprint density at radius 2 is 1.90 bits per heavy atom. The highest BCUT2D eigenvalue weighted by atomic mass is 16.6. The largest absolute Gasteiger partial charge is 0.464 e. The van der Waals surface area contributed by atoms with E-state index in [0.29, 0.717) is 12.0 Å². The monoisotopic (exact) mass is 283 g/mol. The summed E-state index contributed by atoms with van der Waals surface area (Å²) in [4.78, 5) is 23.9. The fourth-order valence-corrected chi connectivity index (χ4v) is 2.91. The number of nitrogens with one attached hydrogen (secondary N) is 1. The second kappa shape index (κ2) is 5.26. The molecule has 2 fully saturated rings. The van der Waals surface area contributed by atoms with Crippen LogP contribution < -0.4 is 5.32 Å². The van der Waals surface area contributed by atoms with Crippen molar-refractivity contribution in [3.63, 3.8) is 0 Å². The van der Waals surface area contributed by atoms with Crippen molar-refractivity contribution in [2.24, 2.45) is 11.3 Å². The van der Waals surface area contributed by atoms with Gasteiger partial charge in [-0.2, -0.15) is 0 Å². The minimum atomic E-state index is -0.573. The van der Waals surface area contributed by atoms with E-state index in [9.17, 15) is 9.59 Å². The van der Waals surface area contributed by atoms with Gasteiger partial charge in [-0.25, -0.2) is 9.59 Å². The van der Waals surface area contributed by atoms with Gasteiger partial charge in [0.25, 0.3) is 0 Å². The lowest BCUT2D eigenvalue weighted by molar-refractivity contribution is -0.149. The maximum absolute atomic E-state index is 12.0. The Morgan fingerprint density at radius 1 is 1.30 bits per heavy atom. The molecule has 5 nitrogen and oxygen atoms in total. The molecule has 1 spiro atoms. The minimum absolute atomic E-state index is 0.184. The van der Waals surface area contributed by atoms with Crippen molar-refractivity contribution in [2.75, 3.05) is 6.61 Å². The van der Waals surface area contributed by atoms with Gasteiger partial charge < -0.3 is 14.8 Å². The molecule has 0 aromatic carbocycles. The molecule has 1 unspecified atom stereocenters. The van der Waals surface area contributed by atoms with Crippen LogP contribution in [0.15, 0.2) is 0 Å². The molecule has 0 heterocycles. The molecule has 0 bridgehead atoms. The standard InChI is InChI=1S/C15H25NO4/c1-5-19-12(17)11(10-8-15(9-10)6-7-15)16-13(18)20-14(2,3)4/h10-11H,5-9H2,1-4H3,(H,16,18). The van der Waals surface area contributed by atoms with Crippen LogP contribution >= 0.6 is 0 Å². The molecule has 1 amide bonds. The van der Waals surface area contributed by atoms with Crippen LogP contribution in [-0.4, -0.2) is 30.3 Å². The van der Waals surface area contributed by atoms with Gasteiger partial charge in [0.2, 0.25) is 0 Å². The number of hydrogen-bond acceptors (Lipinski definition) is 4. The van der Waals surface area contributed by atoms with Gasteiger partial charge in [0.15, 0.2) is 0 Å². The Morgan fingerprint density at radius 3 is 2.35 bits per heavy atom. The molecule has 1 atom stereocenters. The second-order valence-electron chi connectivity index (χ2n) is 7.04. The number of rotatable bonds is 4. The Bertz CT molecular complexity index is 387. The fraction of sp³-hybridized carbons (Fsp3) is 0.867. The van der Waals surface area contributed by atoms with Crippen LogP contribution in [0.3, 0.4) is 0 Å². The molecular weight excluding hydrogens is 258 g/mol. The maximum Gasteiger partial charge on any atom is 0.408 e. The van der Waals surface area contributed by atoms with Crippen LogP contribution in [0.4, 0.5) is 4.79 Å². The molecule has 20 heavy (non-hydrogen) atoms. The van der Waals surface area contributed by atoms with Crippen molar-refractivity contribution in [2.45, 2.75) is 65.0 Å². The predicted molar refractivity (Wildman–Crippen MR) is 74.2 cm³/mol. The van der Waals surface area contributed by atoms with Crippen molar-refractivity contribution in [3.8, 4) is 0 Å². The number of hydrogen-bond donors (Lipinski definition) is 1. The topological polar surface area (TPSA) is 64.6 Å². The van der Waals surface area contributed by atoms with Crippen LogP contribution in [0, 0.1) is 11.3 Å². The summed E-state index contributed by atoms with van der Waals surface area (Å²) in [6, 6.07) is -0.573. The van der Waals surface area contributed by atoms with Gasteiger partial charge in [-0.3, -0.25) is 0 Å². The number of esters is 1. The molecule has 1 N–H and O–H groups in total. The maximum atomic E-state index is 12.0. The molecule has 0 radical (unpaired) electrons. The highest BCUT2D eigenvalue weighted by Gasteiger charge is 2.56. The molecule has 114 valence electrons. The van der Waals surface area contributed by atoms with Crippen molar-refractivity contribution < 1.29 is 19.1 Å². The van der Waals surface area contributed by atoms with E-state index in [1.807, 2.05) is 0 Å². The van der Waals surface area contributed by atoms with Crippen LogP contribution in [-0.2, 0) is 14.3 Å². The molecule has 2 rings (SSSR count). The van der Waals surface area contributed by atoms with Crippen LogP contribution in [0.25, 0.3) is 0 Å². The molecule has 2 aliphatic rings. The van der Waals surface area contributed by atoms with E-state index < -0.39 is 17.7 Å². The van der Waals surface area contributed by atoms with Crippen LogP contribution in [0.1, 0.15) is 53.4 Å². The van der Waals surface area contributed by atoms with Crippen LogP contribution in [0.2, 0.25) is 0 Å². The lowest BCUT2D eigenvalue weighted by Gasteiger charge is -2.40. The van der Waals surface area contributed by atoms with E-state index in [0.717, 1.165) is 12.8 Å². The third kappa shape index (κ3) is 3.64. The van der Waals surface area contributed by atoms with Gasteiger partial charge in [-0.05, 0) is 64.7 Å². The number of carbonyl (C=O) groups excluding carboxylic acids is 2. The van der Waals surface area contributed by atoms with Crippen LogP contribution in [0.5, 0.6) is 0 Å². The predicted octanol–water partition coefficient (Wildman–Crippen LogP) is 2.63. The average molecular weight is 283 g/mol. The Kier molecular flexibility index (Phi) is 3.98. The number of amides is 1. The SMILES string of the molecule is CCOC(=O)C(NC(=O)OC(C)(C)C)C1CC2(CC2)C1. The summed E-state index contributed by atoms with van der Waals surface area (Å²) in [6.07, 6.45) is 3.97. The first kappa shape index (κ1) is 15.1. The number of carbonyl (C=O) groups is 2. The first-order valence-electron chi connectivity index (χ1n) is 7.41. The van der Waals surface area contributed by atoms with Gasteiger partial charge in [-0.15, -0.1) is 0 Å². The van der Waals surface area contributed by atoms with E-state index >= 15 is 0 Å². The first-order valence-corrected chi connectivity index (χ1v) is 7.41. The lowest BCUT2D eigenvalue weighted by Crippen LogP contribution is -2.52. The zero-order valence-corrected chi connectivity index (χ0v) is 12.8. The van der Waals surface area contributed by atoms with Gasteiger partial charge in [-0.1, -0.05) is 0 Å². The average Bonchev–Trinajstić information content (AvgIpc) is 3.01. The summed E-state index contributed by atoms with van der Waals surface area (Å²) < 4.78 is 10.3. The molecular formula is C15H25NO4. The summed E-state index contributed by atoms with van der Waals surface area (Å²) in [5, 5.41) is 2.69. The third-order valence-electron chi connectivity index (χ3n) is 4.03. The van der Waals surface area contributed by atoms with Gasteiger partial charge in [0.05, 0.1) is 6.61 Å². The molecule has 0 aromatic heterocycles. The summed E-state index contributed by atoms with van der Waals surface area (Å²) in [6.45, 7) is 7.49. The first-order chi connectivity index (χ1) is 9.25. The smallest absolute Gasteiger partial charge is 0.408 e. The summed E-state index contributed by atoms with van der Waals surface area (Å²) in [5.74, 6) is -0.164. The Labute approximate surface area is 120 Å². The fourth-order valence-electron chi connectivity index (χ4n) is 2.91. The summed E-state index contributed by atoms with van der Waals surface area (Å²) in [7, 11) is 0. The second-order valence-corrected chi connectivity index (χ2v) is 7.04. The zero-order valence-electron chi connectivity index (χ0n) is 12.8. The van der Waals surface area contributed by atoms with E-state index in [-0.39, 0.29) is 11.9 Å². The van der Waals surface area contributed by atoms with E-state index in [4.69, 9.17) is 9.47 Å². The quantitative estimate of drug-likeness (QED) is 0.806. The van der Waals surface area contributed by atoms with Crippen molar-refractivity contribution >= 4 is 12.1 Å². The zero-order chi connectivity index (χ0) is 15.0. The van der Waals surface area contributed by atoms with Gasteiger partial charge >= 0.3 is 12.1 Å². The van der Waals surface area contributed by atoms with Crippen molar-refractivity contribution in [1.29, 1.82) is 0 Å². The van der Waals surface area contributed by atoms with E-state index in [1.54, 1.807) is 27.7 Å². The van der Waals surface area contributed by atoms with Gasteiger partial charge in [0, 0.05) is 0 Å². The minimum Gasteiger partial charge on any atom is -0.464 e. The Balaban J connectivity index is 1.92. The Hall–Kier alpha value is -1.26. The lowest BCUT2D eigenvalue weighted by atomic mass is 9.68. The molecule has 0 aliphatic heterocycles. The van der Waals surface area contributed by atoms with E-state index in [2.05, 4.69) is 5.32 Å².